The number of carbonyl (C=O) groups excluding carboxylic acids is 2. The van der Waals surface area contributed by atoms with Crippen molar-refractivity contribution in [3.8, 4) is 0 Å². The molecule has 0 amide bonds. The molecule has 0 saturated heterocycles. The molecule has 0 saturated carbocycles. The Kier molecular flexibility index (Phi) is 7.16. The lowest BCUT2D eigenvalue weighted by Crippen LogP contribution is -2.36. The number of thioether (sulfide) groups is 1. The molecule has 1 aromatic heterocycles. The summed E-state index contributed by atoms with van der Waals surface area (Å²) in [5.41, 5.74) is 3.29. The molecule has 0 spiro atoms. The maximum absolute atomic E-state index is 13.6. The summed E-state index contributed by atoms with van der Waals surface area (Å²) in [6, 6.07) is 10.1. The van der Waals surface area contributed by atoms with Crippen LogP contribution in [0, 0.1) is 5.82 Å². The molecule has 0 bridgehead atoms. The van der Waals surface area contributed by atoms with Crippen LogP contribution in [0.4, 0.5) is 4.39 Å². The molecule has 32 heavy (non-hydrogen) atoms. The van der Waals surface area contributed by atoms with Crippen molar-refractivity contribution in [2.24, 2.45) is 0 Å². The van der Waals surface area contributed by atoms with Crippen LogP contribution in [0.25, 0.3) is 0 Å². The molecular formula is C25H26FNO3S2. The Hall–Kier alpha value is -2.38. The van der Waals surface area contributed by atoms with Gasteiger partial charge in [0.05, 0.1) is 5.57 Å². The zero-order chi connectivity index (χ0) is 22.7. The summed E-state index contributed by atoms with van der Waals surface area (Å²) in [6.07, 6.45) is 1.10. The zero-order valence-corrected chi connectivity index (χ0v) is 19.8. The number of halogens is 1. The number of hydrogen-bond acceptors (Lipinski definition) is 6. The maximum Gasteiger partial charge on any atom is 0.336 e. The number of esters is 1. The highest BCUT2D eigenvalue weighted by Gasteiger charge is 2.41. The van der Waals surface area contributed by atoms with Gasteiger partial charge in [0.15, 0.2) is 5.78 Å². The number of Topliss-reactive ketones (excluding diaryl/α,β-unsaturated/α-hetero) is 1. The van der Waals surface area contributed by atoms with E-state index < -0.39 is 11.9 Å². The Morgan fingerprint density at radius 2 is 2.03 bits per heavy atom. The highest BCUT2D eigenvalue weighted by atomic mass is 32.2. The third-order valence-corrected chi connectivity index (χ3v) is 7.76. The molecule has 0 radical (unpaired) electrons. The fourth-order valence-electron chi connectivity index (χ4n) is 4.44. The van der Waals surface area contributed by atoms with Crippen molar-refractivity contribution < 1.29 is 18.7 Å². The lowest BCUT2D eigenvalue weighted by molar-refractivity contribution is -0.138. The van der Waals surface area contributed by atoms with Crippen LogP contribution in [0.15, 0.2) is 64.3 Å². The van der Waals surface area contributed by atoms with Crippen molar-refractivity contribution in [3.63, 3.8) is 0 Å². The minimum atomic E-state index is -0.560. The van der Waals surface area contributed by atoms with E-state index in [-0.39, 0.29) is 17.5 Å². The average Bonchev–Trinajstić information content (AvgIpc) is 3.31. The number of dihydropyridines is 1. The van der Waals surface area contributed by atoms with E-state index in [4.69, 9.17) is 4.74 Å². The van der Waals surface area contributed by atoms with Crippen molar-refractivity contribution in [2.45, 2.75) is 38.5 Å². The molecule has 1 N–H and O–H groups in total. The van der Waals surface area contributed by atoms with E-state index in [1.807, 2.05) is 18.4 Å². The molecular weight excluding hydrogens is 445 g/mol. The summed E-state index contributed by atoms with van der Waals surface area (Å²) < 4.78 is 19.2. The van der Waals surface area contributed by atoms with Gasteiger partial charge in [-0.05, 0) is 48.2 Å². The SMILES string of the molecule is CCSCCOC(=O)C1=C(C)NC2=C(C(=O)C[C@H](c3cccs3)C2)[C@@H]1c1ccc(F)cc1. The number of allylic oxidation sites excluding steroid dienone is 3. The van der Waals surface area contributed by atoms with Crippen LogP contribution >= 0.6 is 23.1 Å². The third-order valence-electron chi connectivity index (χ3n) is 5.86. The molecule has 4 rings (SSSR count). The van der Waals surface area contributed by atoms with Gasteiger partial charge in [0, 0.05) is 45.9 Å². The first-order valence-electron chi connectivity index (χ1n) is 10.8. The molecule has 168 valence electrons. The van der Waals surface area contributed by atoms with Crippen molar-refractivity contribution in [1.82, 2.24) is 5.32 Å². The topological polar surface area (TPSA) is 55.4 Å². The van der Waals surface area contributed by atoms with Gasteiger partial charge in [-0.25, -0.2) is 9.18 Å². The second-order valence-corrected chi connectivity index (χ2v) is 10.3. The highest BCUT2D eigenvalue weighted by molar-refractivity contribution is 7.99. The van der Waals surface area contributed by atoms with Gasteiger partial charge < -0.3 is 10.1 Å². The van der Waals surface area contributed by atoms with Crippen LogP contribution in [-0.2, 0) is 14.3 Å². The van der Waals surface area contributed by atoms with Crippen LogP contribution in [0.2, 0.25) is 0 Å². The summed E-state index contributed by atoms with van der Waals surface area (Å²) in [6.45, 7) is 4.21. The van der Waals surface area contributed by atoms with E-state index >= 15 is 0 Å². The van der Waals surface area contributed by atoms with Crippen LogP contribution < -0.4 is 5.32 Å². The predicted octanol–water partition coefficient (Wildman–Crippen LogP) is 5.55. The molecule has 7 heteroatoms. The molecule has 0 unspecified atom stereocenters. The Labute approximate surface area is 195 Å². The smallest absolute Gasteiger partial charge is 0.336 e. The van der Waals surface area contributed by atoms with Crippen LogP contribution in [0.3, 0.4) is 0 Å². The first kappa shape index (κ1) is 22.8. The Bertz CT molecular complexity index is 1060. The molecule has 4 nitrogen and oxygen atoms in total. The van der Waals surface area contributed by atoms with Crippen molar-refractivity contribution >= 4 is 34.9 Å². The molecule has 1 aliphatic heterocycles. The predicted molar refractivity (Wildman–Crippen MR) is 127 cm³/mol. The molecule has 1 aromatic carbocycles. The number of thiophene rings is 1. The van der Waals surface area contributed by atoms with Crippen LogP contribution in [0.5, 0.6) is 0 Å². The number of hydrogen-bond donors (Lipinski definition) is 1. The molecule has 2 heterocycles. The Morgan fingerprint density at radius 3 is 2.72 bits per heavy atom. The number of ketones is 1. The van der Waals surface area contributed by atoms with Crippen molar-refractivity contribution in [1.29, 1.82) is 0 Å². The van der Waals surface area contributed by atoms with E-state index in [9.17, 15) is 14.0 Å². The first-order chi connectivity index (χ1) is 15.5. The van der Waals surface area contributed by atoms with E-state index in [2.05, 4.69) is 18.3 Å². The standard InChI is InChI=1S/C25H26FNO3S2/c1-3-31-12-10-30-25(29)22-15(2)27-19-13-17(21-5-4-11-32-21)14-20(28)24(19)23(22)16-6-8-18(26)9-7-16/h4-9,11,17,23,27H,3,10,12-14H2,1-2H3/t17-,23-/m1/s1. The summed E-state index contributed by atoms with van der Waals surface area (Å²) in [7, 11) is 0. The van der Waals surface area contributed by atoms with Gasteiger partial charge in [0.25, 0.3) is 0 Å². The minimum absolute atomic E-state index is 0.0193. The second-order valence-electron chi connectivity index (χ2n) is 7.92. The largest absolute Gasteiger partial charge is 0.461 e. The monoisotopic (exact) mass is 471 g/mol. The molecule has 2 aliphatic rings. The second kappa shape index (κ2) is 10.0. The third kappa shape index (κ3) is 4.69. The minimum Gasteiger partial charge on any atom is -0.461 e. The number of rotatable bonds is 7. The van der Waals surface area contributed by atoms with E-state index in [1.54, 1.807) is 35.2 Å². The van der Waals surface area contributed by atoms with Crippen molar-refractivity contribution in [2.75, 3.05) is 18.1 Å². The quantitative estimate of drug-likeness (QED) is 0.424. The van der Waals surface area contributed by atoms with Gasteiger partial charge in [0.2, 0.25) is 0 Å². The van der Waals surface area contributed by atoms with Gasteiger partial charge >= 0.3 is 5.97 Å². The van der Waals surface area contributed by atoms with E-state index in [0.717, 1.165) is 22.8 Å². The molecule has 1 aliphatic carbocycles. The maximum atomic E-state index is 13.6. The van der Waals surface area contributed by atoms with Gasteiger partial charge in [-0.3, -0.25) is 4.79 Å². The average molecular weight is 472 g/mol. The van der Waals surface area contributed by atoms with Crippen molar-refractivity contribution in [3.05, 3.63) is 80.6 Å². The lowest BCUT2D eigenvalue weighted by Gasteiger charge is -2.36. The summed E-state index contributed by atoms with van der Waals surface area (Å²) >= 11 is 3.36. The van der Waals surface area contributed by atoms with Gasteiger partial charge in [-0.2, -0.15) is 11.8 Å². The summed E-state index contributed by atoms with van der Waals surface area (Å²) in [5, 5.41) is 5.37. The number of benzene rings is 1. The highest BCUT2D eigenvalue weighted by Crippen LogP contribution is 2.46. The fourth-order valence-corrected chi connectivity index (χ4v) is 5.76. The molecule has 2 atom stereocenters. The lowest BCUT2D eigenvalue weighted by atomic mass is 9.72. The Balaban J connectivity index is 1.70. The van der Waals surface area contributed by atoms with Crippen LogP contribution in [0.1, 0.15) is 49.0 Å². The Morgan fingerprint density at radius 1 is 1.25 bits per heavy atom. The summed E-state index contributed by atoms with van der Waals surface area (Å²) in [5.74, 6) is 0.468. The first-order valence-corrected chi connectivity index (χ1v) is 12.8. The molecule has 0 fully saturated rings. The number of ether oxygens (including phenoxy) is 1. The van der Waals surface area contributed by atoms with Gasteiger partial charge in [0.1, 0.15) is 12.4 Å². The molecule has 2 aromatic rings. The van der Waals surface area contributed by atoms with Gasteiger partial charge in [-0.15, -0.1) is 11.3 Å². The van der Waals surface area contributed by atoms with Crippen LogP contribution in [-0.4, -0.2) is 29.9 Å². The normalized spacial score (nSPS) is 20.8. The van der Waals surface area contributed by atoms with Gasteiger partial charge in [-0.1, -0.05) is 25.1 Å². The van der Waals surface area contributed by atoms with E-state index in [1.165, 1.54) is 17.0 Å². The van der Waals surface area contributed by atoms with E-state index in [0.29, 0.717) is 36.3 Å². The number of nitrogens with one attached hydrogen (secondary N) is 1. The number of carbonyl (C=O) groups is 2. The summed E-state index contributed by atoms with van der Waals surface area (Å²) in [4.78, 5) is 27.7. The zero-order valence-electron chi connectivity index (χ0n) is 18.2. The fraction of sp³-hybridized carbons (Fsp3) is 0.360.